The van der Waals surface area contributed by atoms with Crippen LogP contribution in [-0.4, -0.2) is 17.7 Å². The molecule has 0 aromatic heterocycles. The van der Waals surface area contributed by atoms with Crippen LogP contribution in [0.25, 0.3) is 43.4 Å². The topological polar surface area (TPSA) is 34.0 Å². The van der Waals surface area contributed by atoms with Crippen molar-refractivity contribution in [3.8, 4) is 16.9 Å². The lowest BCUT2D eigenvalue weighted by molar-refractivity contribution is 0.275. The van der Waals surface area contributed by atoms with E-state index in [1.165, 1.54) is 65.7 Å². The van der Waals surface area contributed by atoms with Gasteiger partial charge in [0.2, 0.25) is 0 Å². The van der Waals surface area contributed by atoms with Gasteiger partial charge in [0.05, 0.1) is 11.1 Å². The maximum atomic E-state index is 6.63. The number of ether oxygens (including phenoxy) is 1. The van der Waals surface area contributed by atoms with Gasteiger partial charge in [0.15, 0.2) is 11.9 Å². The molecule has 8 aromatic rings. The molecular weight excluding hydrogens is 609 g/mol. The molecule has 0 fully saturated rings. The van der Waals surface area contributed by atoms with E-state index in [-0.39, 0.29) is 12.1 Å². The zero-order valence-electron chi connectivity index (χ0n) is 27.0. The second kappa shape index (κ2) is 9.43. The molecule has 0 saturated heterocycles. The number of para-hydroxylation sites is 1. The Kier molecular flexibility index (Phi) is 5.02. The molecule has 1 spiro atoms. The first-order valence-electron chi connectivity index (χ1n) is 17.4. The zero-order chi connectivity index (χ0) is 32.6. The van der Waals surface area contributed by atoms with Gasteiger partial charge in [0.1, 0.15) is 11.8 Å². The van der Waals surface area contributed by atoms with Gasteiger partial charge < -0.3 is 4.74 Å². The van der Waals surface area contributed by atoms with Crippen LogP contribution in [-0.2, 0) is 5.41 Å². The quantitative estimate of drug-likeness (QED) is 0.174. The first-order valence-corrected chi connectivity index (χ1v) is 17.4. The predicted molar refractivity (Wildman–Crippen MR) is 203 cm³/mol. The molecular formula is C47H28N2O. The van der Waals surface area contributed by atoms with Gasteiger partial charge in [-0.15, -0.1) is 0 Å². The second-order valence-electron chi connectivity index (χ2n) is 14.0. The number of nitrogens with zero attached hydrogens (tertiary/aromatic N) is 2. The molecule has 0 amide bonds. The van der Waals surface area contributed by atoms with Crippen molar-refractivity contribution in [1.82, 2.24) is 0 Å². The summed E-state index contributed by atoms with van der Waals surface area (Å²) in [4.78, 5) is 10.8. The number of fused-ring (bicyclic) bond motifs is 11. The molecule has 2 unspecified atom stereocenters. The van der Waals surface area contributed by atoms with E-state index in [2.05, 4.69) is 152 Å². The summed E-state index contributed by atoms with van der Waals surface area (Å²) in [5, 5.41) is 7.69. The molecule has 2 aliphatic heterocycles. The van der Waals surface area contributed by atoms with Gasteiger partial charge in [-0.2, -0.15) is 0 Å². The predicted octanol–water partition coefficient (Wildman–Crippen LogP) is 10.6. The summed E-state index contributed by atoms with van der Waals surface area (Å²) >= 11 is 0. The smallest absolute Gasteiger partial charge is 0.168 e. The molecule has 2 atom stereocenters. The van der Waals surface area contributed by atoms with E-state index in [4.69, 9.17) is 14.7 Å². The Labute approximate surface area is 288 Å². The van der Waals surface area contributed by atoms with Crippen LogP contribution in [0.4, 0.5) is 0 Å². The standard InChI is InChI=1S/C47H28N2O/c1-2-10-30-25-31(22-19-27(30)9-1)43-45-44(35-14-4-6-18-40(35)50-45)49-46(48-43)32-23-24-34-33-13-3-5-15-36(33)47(39(34)26-32)37-16-7-11-28-20-21-29-12-8-17-38(47)42(29)41(28)37/h1-26,44-45H. The largest absolute Gasteiger partial charge is 0.481 e. The van der Waals surface area contributed by atoms with E-state index in [1.54, 1.807) is 0 Å². The maximum absolute atomic E-state index is 6.63. The molecule has 4 aliphatic rings. The molecule has 2 aliphatic carbocycles. The summed E-state index contributed by atoms with van der Waals surface area (Å²) in [5.74, 6) is 1.63. The van der Waals surface area contributed by atoms with Gasteiger partial charge in [0, 0.05) is 16.7 Å². The average Bonchev–Trinajstić information content (AvgIpc) is 3.81. The van der Waals surface area contributed by atoms with Crippen LogP contribution >= 0.6 is 0 Å². The fourth-order valence-corrected chi connectivity index (χ4v) is 9.52. The lowest BCUT2D eigenvalue weighted by Crippen LogP contribution is -2.34. The molecule has 0 radical (unpaired) electrons. The van der Waals surface area contributed by atoms with Crippen LogP contribution in [0.3, 0.4) is 0 Å². The van der Waals surface area contributed by atoms with E-state index in [0.29, 0.717) is 0 Å². The highest BCUT2D eigenvalue weighted by Gasteiger charge is 2.51. The van der Waals surface area contributed by atoms with Crippen LogP contribution in [0, 0.1) is 0 Å². The van der Waals surface area contributed by atoms with E-state index >= 15 is 0 Å². The van der Waals surface area contributed by atoms with Gasteiger partial charge >= 0.3 is 0 Å². The highest BCUT2D eigenvalue weighted by molar-refractivity contribution is 6.19. The van der Waals surface area contributed by atoms with Crippen LogP contribution in [0.5, 0.6) is 5.75 Å². The number of hydrogen-bond acceptors (Lipinski definition) is 3. The van der Waals surface area contributed by atoms with E-state index in [9.17, 15) is 0 Å². The van der Waals surface area contributed by atoms with E-state index in [1.807, 2.05) is 6.07 Å². The van der Waals surface area contributed by atoms with Crippen molar-refractivity contribution in [2.45, 2.75) is 17.6 Å². The minimum Gasteiger partial charge on any atom is -0.481 e. The Balaban J connectivity index is 1.11. The van der Waals surface area contributed by atoms with E-state index in [0.717, 1.165) is 34.0 Å². The Hall–Kier alpha value is -6.32. The molecule has 232 valence electrons. The normalized spacial score (nSPS) is 18.6. The van der Waals surface area contributed by atoms with Gasteiger partial charge in [-0.25, -0.2) is 4.99 Å². The van der Waals surface area contributed by atoms with Crippen molar-refractivity contribution >= 4 is 43.9 Å². The lowest BCUT2D eigenvalue weighted by Gasteiger charge is -2.31. The molecule has 2 heterocycles. The molecule has 3 nitrogen and oxygen atoms in total. The number of rotatable bonds is 2. The summed E-state index contributed by atoms with van der Waals surface area (Å²) in [7, 11) is 0. The fourth-order valence-electron chi connectivity index (χ4n) is 9.52. The average molecular weight is 637 g/mol. The van der Waals surface area contributed by atoms with Crippen molar-refractivity contribution in [1.29, 1.82) is 0 Å². The summed E-state index contributed by atoms with van der Waals surface area (Å²) in [6, 6.07) is 57.4. The number of hydrogen-bond donors (Lipinski definition) is 0. The Morgan fingerprint density at radius 1 is 0.480 bits per heavy atom. The first kappa shape index (κ1) is 26.6. The summed E-state index contributed by atoms with van der Waals surface area (Å²) < 4.78 is 6.63. The minimum atomic E-state index is -0.434. The Morgan fingerprint density at radius 3 is 1.96 bits per heavy atom. The van der Waals surface area contributed by atoms with Gasteiger partial charge in [0.25, 0.3) is 0 Å². The number of aliphatic imine (C=N–C) groups is 2. The monoisotopic (exact) mass is 636 g/mol. The SMILES string of the molecule is c1ccc2c(c1)OC1C(c3ccc4ccccc4c3)=NC(c3ccc4c(c3)C3(c5ccccc5-4)c4cccc5ccc6cccc3c6c45)=NC21. The third-order valence-electron chi connectivity index (χ3n) is 11.6. The van der Waals surface area contributed by atoms with Gasteiger partial charge in [-0.05, 0) is 83.9 Å². The Morgan fingerprint density at radius 2 is 1.12 bits per heavy atom. The molecule has 12 rings (SSSR count). The first-order chi connectivity index (χ1) is 24.8. The molecule has 0 N–H and O–H groups in total. The number of amidine groups is 1. The third-order valence-corrected chi connectivity index (χ3v) is 11.6. The van der Waals surface area contributed by atoms with Crippen LogP contribution < -0.4 is 4.74 Å². The minimum absolute atomic E-state index is 0.183. The van der Waals surface area contributed by atoms with Gasteiger partial charge in [-0.1, -0.05) is 140 Å². The summed E-state index contributed by atoms with van der Waals surface area (Å²) in [6.07, 6.45) is -0.290. The highest BCUT2D eigenvalue weighted by Crippen LogP contribution is 2.62. The maximum Gasteiger partial charge on any atom is 0.168 e. The van der Waals surface area contributed by atoms with Crippen LogP contribution in [0.15, 0.2) is 168 Å². The van der Waals surface area contributed by atoms with Crippen molar-refractivity contribution < 1.29 is 4.74 Å². The van der Waals surface area contributed by atoms with Crippen LogP contribution in [0.2, 0.25) is 0 Å². The van der Waals surface area contributed by atoms with Crippen molar-refractivity contribution in [3.05, 3.63) is 197 Å². The van der Waals surface area contributed by atoms with E-state index < -0.39 is 5.41 Å². The summed E-state index contributed by atoms with van der Waals surface area (Å²) in [5.41, 5.74) is 11.6. The third kappa shape index (κ3) is 3.25. The van der Waals surface area contributed by atoms with Gasteiger partial charge in [-0.3, -0.25) is 4.99 Å². The lowest BCUT2D eigenvalue weighted by atomic mass is 9.70. The highest BCUT2D eigenvalue weighted by atomic mass is 16.5. The molecule has 0 saturated carbocycles. The van der Waals surface area contributed by atoms with Crippen LogP contribution in [0.1, 0.15) is 45.0 Å². The molecule has 50 heavy (non-hydrogen) atoms. The Bertz CT molecular complexity index is 2820. The molecule has 3 heteroatoms. The number of benzene rings is 8. The zero-order valence-corrected chi connectivity index (χ0v) is 27.0. The summed E-state index contributed by atoms with van der Waals surface area (Å²) in [6.45, 7) is 0. The van der Waals surface area contributed by atoms with Crippen molar-refractivity contribution in [2.75, 3.05) is 0 Å². The fraction of sp³-hybridized carbons (Fsp3) is 0.0638. The molecule has 8 aromatic carbocycles. The second-order valence-corrected chi connectivity index (χ2v) is 14.0. The van der Waals surface area contributed by atoms with Crippen molar-refractivity contribution in [3.63, 3.8) is 0 Å². The molecule has 0 bridgehead atoms. The van der Waals surface area contributed by atoms with Crippen molar-refractivity contribution in [2.24, 2.45) is 9.98 Å².